The fraction of sp³-hybridized carbons (Fsp3) is 0. The van der Waals surface area contributed by atoms with Gasteiger partial charge >= 0.3 is 53.8 Å². The van der Waals surface area contributed by atoms with E-state index in [0.29, 0.717) is 0 Å². The summed E-state index contributed by atoms with van der Waals surface area (Å²) in [7, 11) is 0. The van der Waals surface area contributed by atoms with Gasteiger partial charge in [-0.25, -0.2) is 0 Å². The van der Waals surface area contributed by atoms with Gasteiger partial charge in [0.05, 0.1) is 0 Å². The van der Waals surface area contributed by atoms with E-state index in [4.69, 9.17) is 0 Å². The van der Waals surface area contributed by atoms with Crippen molar-refractivity contribution in [2.24, 2.45) is 0 Å². The van der Waals surface area contributed by atoms with Crippen LogP contribution in [0.2, 0.25) is 0 Å². The second-order valence-electron chi connectivity index (χ2n) is 1.07. The van der Waals surface area contributed by atoms with Crippen molar-refractivity contribution in [3.8, 4) is 0 Å². The summed E-state index contributed by atoms with van der Waals surface area (Å²) in [4.78, 5) is 0. The van der Waals surface area contributed by atoms with Gasteiger partial charge in [-0.2, -0.15) is 0 Å². The molecule has 0 aromatic carbocycles. The molecule has 8 heteroatoms. The van der Waals surface area contributed by atoms with Gasteiger partial charge in [0.15, 0.2) is 0 Å². The molecule has 0 aliphatic rings. The van der Waals surface area contributed by atoms with E-state index in [1.807, 2.05) is 0 Å². The Morgan fingerprint density at radius 1 is 0.625 bits per heavy atom. The van der Waals surface area contributed by atoms with E-state index >= 15 is 0 Å². The van der Waals surface area contributed by atoms with Crippen molar-refractivity contribution < 1.29 is 53.8 Å². The van der Waals surface area contributed by atoms with Gasteiger partial charge in [0.1, 0.15) is 0 Å². The van der Waals surface area contributed by atoms with E-state index in [-0.39, 0.29) is 17.1 Å². The monoisotopic (exact) mass is 267 g/mol. The Kier molecular flexibility index (Phi) is 2.24. The first-order valence-electron chi connectivity index (χ1n) is 1.13. The van der Waals surface area contributed by atoms with Gasteiger partial charge in [-0.05, 0) is 0 Å². The molecule has 0 saturated carbocycles. The molecular formula is CuF6Zr. The van der Waals surface area contributed by atoms with Gasteiger partial charge in [-0.15, -0.1) is 0 Å². The molecule has 0 aromatic rings. The number of hydrogen-bond donors (Lipinski definition) is 0. The summed E-state index contributed by atoms with van der Waals surface area (Å²) in [6.45, 7) is 0. The third kappa shape index (κ3) is 259. The Morgan fingerprint density at radius 2 is 0.625 bits per heavy atom. The quantitative estimate of drug-likeness (QED) is 0.468. The van der Waals surface area contributed by atoms with Gasteiger partial charge in [0, 0.05) is 0 Å². The number of halogens is 6. The van der Waals surface area contributed by atoms with Crippen LogP contribution in [-0.2, 0) is 38.0 Å². The Morgan fingerprint density at radius 3 is 0.625 bits per heavy atom. The van der Waals surface area contributed by atoms with E-state index in [2.05, 4.69) is 0 Å². The minimum atomic E-state index is -11.3. The molecule has 0 aromatic heterocycles. The molecule has 1 radical (unpaired) electrons. The molecule has 8 heavy (non-hydrogen) atoms. The fourth-order valence-electron chi connectivity index (χ4n) is 0. The van der Waals surface area contributed by atoms with Crippen LogP contribution in [0.3, 0.4) is 0 Å². The molecule has 0 aliphatic heterocycles. The zero-order valence-electron chi connectivity index (χ0n) is 3.07. The van der Waals surface area contributed by atoms with Crippen LogP contribution in [0.15, 0.2) is 0 Å². The van der Waals surface area contributed by atoms with Crippen LogP contribution >= 0.6 is 0 Å². The average Bonchev–Trinajstić information content (AvgIpc) is 0.592. The maximum absolute atomic E-state index is 11.3. The summed E-state index contributed by atoms with van der Waals surface area (Å²) in [5.74, 6) is 0. The number of hydrogen-bond acceptors (Lipinski definition) is 0. The molecule has 0 bridgehead atoms. The van der Waals surface area contributed by atoms with E-state index in [1.165, 1.54) is 0 Å². The Labute approximate surface area is 53.9 Å². The molecule has 0 amide bonds. The molecule has 0 atom stereocenters. The summed E-state index contributed by atoms with van der Waals surface area (Å²) in [6, 6.07) is 0. The summed E-state index contributed by atoms with van der Waals surface area (Å²) in [5.41, 5.74) is 0. The van der Waals surface area contributed by atoms with E-state index < -0.39 is 21.0 Å². The SMILES string of the molecule is [Cu+2].[F][Zr-2]([F])([F])([F])([F])[F]. The van der Waals surface area contributed by atoms with Crippen molar-refractivity contribution in [3.63, 3.8) is 0 Å². The van der Waals surface area contributed by atoms with Gasteiger partial charge in [0.25, 0.3) is 0 Å². The molecule has 0 rings (SSSR count). The predicted octanol–water partition coefficient (Wildman–Crippen LogP) is 2.52. The average molecular weight is 269 g/mol. The Balaban J connectivity index is 0. The summed E-state index contributed by atoms with van der Waals surface area (Å²) < 4.78 is 59.6. The zero-order chi connectivity index (χ0) is 6.41. The Hall–Kier alpha value is 0.983. The van der Waals surface area contributed by atoms with Crippen molar-refractivity contribution in [1.82, 2.24) is 0 Å². The van der Waals surface area contributed by atoms with Gasteiger partial charge < -0.3 is 0 Å². The molecule has 0 aliphatic carbocycles. The molecule has 0 heterocycles. The minimum absolute atomic E-state index is 0. The fourth-order valence-corrected chi connectivity index (χ4v) is 0. The molecule has 57 valence electrons. The molecule has 0 fully saturated rings. The van der Waals surface area contributed by atoms with Crippen LogP contribution < -0.4 is 0 Å². The standard InChI is InChI=1S/Cu.6FH.Zr/h;6*1H;/q+2;;;;;;;+4/p-6. The first-order valence-corrected chi connectivity index (χ1v) is 6.71. The van der Waals surface area contributed by atoms with Crippen molar-refractivity contribution in [2.75, 3.05) is 0 Å². The van der Waals surface area contributed by atoms with Crippen molar-refractivity contribution in [2.45, 2.75) is 0 Å². The van der Waals surface area contributed by atoms with Crippen LogP contribution in [0.25, 0.3) is 0 Å². The van der Waals surface area contributed by atoms with E-state index in [0.717, 1.165) is 0 Å². The topological polar surface area (TPSA) is 0 Å². The van der Waals surface area contributed by atoms with Crippen molar-refractivity contribution in [3.05, 3.63) is 0 Å². The number of rotatable bonds is 0. The van der Waals surface area contributed by atoms with Gasteiger partial charge in [-0.3, -0.25) is 0 Å². The van der Waals surface area contributed by atoms with Crippen LogP contribution in [0.5, 0.6) is 0 Å². The van der Waals surface area contributed by atoms with Gasteiger partial charge in [-0.1, -0.05) is 0 Å². The molecular weight excluding hydrogens is 269 g/mol. The Bertz CT molecular complexity index is 67.1. The third-order valence-corrected chi connectivity index (χ3v) is 0. The maximum atomic E-state index is 9.93. The van der Waals surface area contributed by atoms with Crippen molar-refractivity contribution in [1.29, 1.82) is 0 Å². The summed E-state index contributed by atoms with van der Waals surface area (Å²) in [6.07, 6.45) is 0. The van der Waals surface area contributed by atoms with Crippen LogP contribution in [0.1, 0.15) is 0 Å². The molecule has 0 N–H and O–H groups in total. The summed E-state index contributed by atoms with van der Waals surface area (Å²) >= 11 is -11.3. The van der Waals surface area contributed by atoms with Crippen LogP contribution in [0.4, 0.5) is 15.8 Å². The van der Waals surface area contributed by atoms with E-state index in [9.17, 15) is 15.8 Å². The summed E-state index contributed by atoms with van der Waals surface area (Å²) in [5, 5.41) is 0. The second-order valence-corrected chi connectivity index (χ2v) is 6.34. The molecule has 0 unspecified atom stereocenters. The van der Waals surface area contributed by atoms with Crippen LogP contribution in [-0.4, -0.2) is 0 Å². The van der Waals surface area contributed by atoms with E-state index in [1.54, 1.807) is 0 Å². The molecule has 0 spiro atoms. The second kappa shape index (κ2) is 1.52. The first kappa shape index (κ1) is 11.7. The molecule has 0 saturated heterocycles. The predicted molar refractivity (Wildman–Crippen MR) is 6.65 cm³/mol. The van der Waals surface area contributed by atoms with Crippen LogP contribution in [0, 0.1) is 0 Å². The normalized spacial score (nSPS) is 20.2. The third-order valence-electron chi connectivity index (χ3n) is 0. The zero-order valence-corrected chi connectivity index (χ0v) is 6.47. The first-order chi connectivity index (χ1) is 2.45. The molecule has 0 nitrogen and oxygen atoms in total. The van der Waals surface area contributed by atoms with Gasteiger partial charge in [0.2, 0.25) is 0 Å². The van der Waals surface area contributed by atoms with Crippen molar-refractivity contribution >= 4 is 0 Å².